The second-order valence-corrected chi connectivity index (χ2v) is 6.91. The van der Waals surface area contributed by atoms with Crippen molar-refractivity contribution in [1.82, 2.24) is 15.2 Å². The van der Waals surface area contributed by atoms with Crippen molar-refractivity contribution in [3.05, 3.63) is 46.4 Å². The Bertz CT molecular complexity index is 833. The minimum atomic E-state index is -0.637. The fourth-order valence-electron chi connectivity index (χ4n) is 2.40. The third-order valence-electron chi connectivity index (χ3n) is 3.82. The summed E-state index contributed by atoms with van der Waals surface area (Å²) >= 11 is 0. The highest BCUT2D eigenvalue weighted by molar-refractivity contribution is 6.07. The lowest BCUT2D eigenvalue weighted by Gasteiger charge is -2.28. The van der Waals surface area contributed by atoms with Crippen LogP contribution in [0.2, 0.25) is 0 Å². The van der Waals surface area contributed by atoms with Crippen LogP contribution < -0.4 is 10.9 Å². The van der Waals surface area contributed by atoms with E-state index in [4.69, 9.17) is 0 Å². The van der Waals surface area contributed by atoms with Crippen molar-refractivity contribution in [3.8, 4) is 0 Å². The summed E-state index contributed by atoms with van der Waals surface area (Å²) in [4.78, 5) is 40.9. The summed E-state index contributed by atoms with van der Waals surface area (Å²) < 4.78 is 0. The van der Waals surface area contributed by atoms with Gasteiger partial charge in [-0.05, 0) is 33.8 Å². The summed E-state index contributed by atoms with van der Waals surface area (Å²) in [6.07, 6.45) is 1.40. The number of aromatic amines is 1. The maximum absolute atomic E-state index is 12.8. The van der Waals surface area contributed by atoms with Gasteiger partial charge in [0.1, 0.15) is 6.04 Å². The van der Waals surface area contributed by atoms with Gasteiger partial charge in [-0.25, -0.2) is 0 Å². The number of H-pyrrole nitrogens is 1. The molecule has 24 heavy (non-hydrogen) atoms. The molecule has 128 valence electrons. The van der Waals surface area contributed by atoms with Crippen molar-refractivity contribution in [1.29, 1.82) is 0 Å². The number of rotatable bonds is 3. The Balaban J connectivity index is 2.34. The van der Waals surface area contributed by atoms with Gasteiger partial charge in [0.05, 0.1) is 5.56 Å². The van der Waals surface area contributed by atoms with E-state index in [0.29, 0.717) is 16.3 Å². The fraction of sp³-hybridized carbons (Fsp3) is 0.389. The minimum absolute atomic E-state index is 0.230. The summed E-state index contributed by atoms with van der Waals surface area (Å²) in [6, 6.07) is 6.28. The largest absolute Gasteiger partial charge is 0.350 e. The third kappa shape index (κ3) is 3.64. The van der Waals surface area contributed by atoms with Crippen molar-refractivity contribution >= 4 is 22.6 Å². The molecule has 0 bridgehead atoms. The molecule has 6 heteroatoms. The van der Waals surface area contributed by atoms with Crippen LogP contribution in [0.25, 0.3) is 10.8 Å². The molecule has 2 amide bonds. The molecule has 2 aromatic rings. The van der Waals surface area contributed by atoms with Crippen LogP contribution in [0.5, 0.6) is 0 Å². The zero-order valence-corrected chi connectivity index (χ0v) is 14.6. The number of hydrogen-bond donors (Lipinski definition) is 2. The van der Waals surface area contributed by atoms with E-state index in [1.54, 1.807) is 38.2 Å². The zero-order valence-electron chi connectivity index (χ0n) is 14.6. The molecule has 1 aromatic heterocycles. The molecule has 2 N–H and O–H groups in total. The van der Waals surface area contributed by atoms with Gasteiger partial charge in [0.15, 0.2) is 0 Å². The van der Waals surface area contributed by atoms with E-state index in [-0.39, 0.29) is 22.9 Å². The maximum atomic E-state index is 12.8. The quantitative estimate of drug-likeness (QED) is 0.902. The maximum Gasteiger partial charge on any atom is 0.256 e. The van der Waals surface area contributed by atoms with Crippen LogP contribution in [0.1, 0.15) is 38.1 Å². The first kappa shape index (κ1) is 17.7. The molecule has 0 aliphatic rings. The lowest BCUT2D eigenvalue weighted by Crippen LogP contribution is -2.51. The van der Waals surface area contributed by atoms with E-state index in [2.05, 4.69) is 10.3 Å². The van der Waals surface area contributed by atoms with Gasteiger partial charge in [0.25, 0.3) is 11.5 Å². The number of fused-ring (bicyclic) bond motifs is 1. The lowest BCUT2D eigenvalue weighted by atomic mass is 10.1. The van der Waals surface area contributed by atoms with Crippen LogP contribution in [-0.2, 0) is 4.79 Å². The summed E-state index contributed by atoms with van der Waals surface area (Å²) in [5.41, 5.74) is -0.258. The molecule has 0 fully saturated rings. The number of pyridine rings is 1. The predicted molar refractivity (Wildman–Crippen MR) is 94.0 cm³/mol. The highest BCUT2D eigenvalue weighted by Crippen LogP contribution is 2.17. The van der Waals surface area contributed by atoms with Gasteiger partial charge in [0, 0.05) is 29.6 Å². The standard InChI is InChI=1S/C18H23N3O3/c1-11(15(22)20-18(2,3)4)21(5)17(24)14-10-19-16(23)13-9-7-6-8-12(13)14/h6-11H,1-5H3,(H,19,23)(H,20,22)/t11-/m0/s1. The molecule has 1 heterocycles. The molecule has 0 saturated heterocycles. The van der Waals surface area contributed by atoms with Gasteiger partial charge < -0.3 is 15.2 Å². The monoisotopic (exact) mass is 329 g/mol. The Hall–Kier alpha value is -2.63. The molecule has 0 saturated carbocycles. The van der Waals surface area contributed by atoms with Crippen LogP contribution in [0.3, 0.4) is 0 Å². The molecule has 2 rings (SSSR count). The number of amides is 2. The molecule has 0 aliphatic carbocycles. The first-order valence-corrected chi connectivity index (χ1v) is 7.81. The van der Waals surface area contributed by atoms with Crippen molar-refractivity contribution < 1.29 is 9.59 Å². The third-order valence-corrected chi connectivity index (χ3v) is 3.82. The molecular formula is C18H23N3O3. The average Bonchev–Trinajstić information content (AvgIpc) is 2.52. The van der Waals surface area contributed by atoms with Crippen molar-refractivity contribution in [3.63, 3.8) is 0 Å². The minimum Gasteiger partial charge on any atom is -0.350 e. The predicted octanol–water partition coefficient (Wildman–Crippen LogP) is 1.90. The second-order valence-electron chi connectivity index (χ2n) is 6.91. The number of aromatic nitrogens is 1. The van der Waals surface area contributed by atoms with Gasteiger partial charge >= 0.3 is 0 Å². The number of benzene rings is 1. The molecule has 1 aromatic carbocycles. The SMILES string of the molecule is C[C@@H](C(=O)NC(C)(C)C)N(C)C(=O)c1c[nH]c(=O)c2ccccc12. The number of likely N-dealkylation sites (N-methyl/N-ethyl adjacent to an activating group) is 1. The highest BCUT2D eigenvalue weighted by atomic mass is 16.2. The van der Waals surface area contributed by atoms with Crippen LogP contribution in [0, 0.1) is 0 Å². The smallest absolute Gasteiger partial charge is 0.256 e. The highest BCUT2D eigenvalue weighted by Gasteiger charge is 2.27. The molecule has 1 atom stereocenters. The summed E-state index contributed by atoms with van der Waals surface area (Å²) in [6.45, 7) is 7.32. The Morgan fingerprint density at radius 1 is 1.17 bits per heavy atom. The zero-order chi connectivity index (χ0) is 18.1. The normalized spacial score (nSPS) is 12.7. The van der Waals surface area contributed by atoms with Crippen molar-refractivity contribution in [2.24, 2.45) is 0 Å². The molecule has 0 unspecified atom stereocenters. The van der Waals surface area contributed by atoms with Crippen LogP contribution in [0.15, 0.2) is 35.3 Å². The van der Waals surface area contributed by atoms with Crippen molar-refractivity contribution in [2.75, 3.05) is 7.05 Å². The Kier molecular flexibility index (Phi) is 4.78. The van der Waals surface area contributed by atoms with Gasteiger partial charge in [-0.1, -0.05) is 18.2 Å². The van der Waals surface area contributed by atoms with E-state index in [9.17, 15) is 14.4 Å². The molecular weight excluding hydrogens is 306 g/mol. The number of nitrogens with zero attached hydrogens (tertiary/aromatic N) is 1. The van der Waals surface area contributed by atoms with E-state index in [0.717, 1.165) is 0 Å². The van der Waals surface area contributed by atoms with E-state index >= 15 is 0 Å². The number of hydrogen-bond acceptors (Lipinski definition) is 3. The first-order valence-electron chi connectivity index (χ1n) is 7.81. The van der Waals surface area contributed by atoms with E-state index in [1.165, 1.54) is 11.1 Å². The lowest BCUT2D eigenvalue weighted by molar-refractivity contribution is -0.126. The van der Waals surface area contributed by atoms with E-state index in [1.807, 2.05) is 20.8 Å². The molecule has 0 spiro atoms. The topological polar surface area (TPSA) is 82.3 Å². The summed E-state index contributed by atoms with van der Waals surface area (Å²) in [5, 5.41) is 3.88. The van der Waals surface area contributed by atoms with Gasteiger partial charge in [-0.2, -0.15) is 0 Å². The summed E-state index contributed by atoms with van der Waals surface area (Å²) in [5.74, 6) is -0.550. The molecule has 0 aliphatic heterocycles. The van der Waals surface area contributed by atoms with Crippen LogP contribution >= 0.6 is 0 Å². The number of nitrogens with one attached hydrogen (secondary N) is 2. The number of carbonyl (C=O) groups is 2. The fourth-order valence-corrected chi connectivity index (χ4v) is 2.40. The molecule has 0 radical (unpaired) electrons. The average molecular weight is 329 g/mol. The van der Waals surface area contributed by atoms with Crippen LogP contribution in [-0.4, -0.2) is 40.3 Å². The van der Waals surface area contributed by atoms with Crippen LogP contribution in [0.4, 0.5) is 0 Å². The molecule has 6 nitrogen and oxygen atoms in total. The Labute approximate surface area is 140 Å². The second kappa shape index (κ2) is 6.47. The Morgan fingerprint density at radius 2 is 1.75 bits per heavy atom. The summed E-state index contributed by atoms with van der Waals surface area (Å²) in [7, 11) is 1.58. The van der Waals surface area contributed by atoms with Crippen molar-refractivity contribution in [2.45, 2.75) is 39.3 Å². The van der Waals surface area contributed by atoms with E-state index < -0.39 is 6.04 Å². The Morgan fingerprint density at radius 3 is 2.33 bits per heavy atom. The van der Waals surface area contributed by atoms with Gasteiger partial charge in [-0.15, -0.1) is 0 Å². The first-order chi connectivity index (χ1) is 11.1. The van der Waals surface area contributed by atoms with Gasteiger partial charge in [-0.3, -0.25) is 14.4 Å². The number of carbonyl (C=O) groups excluding carboxylic acids is 2. The van der Waals surface area contributed by atoms with Gasteiger partial charge in [0.2, 0.25) is 5.91 Å².